The molecule has 0 radical (unpaired) electrons. The number of anilines is 1. The number of likely N-dealkylation sites (tertiary alicyclic amines) is 1. The number of aromatic nitrogens is 2. The highest BCUT2D eigenvalue weighted by atomic mass is 35.5. The number of nitrogens with one attached hydrogen (secondary N) is 2. The molecular weight excluding hydrogens is 462 g/mol. The SMILES string of the molecule is O=C(CC1CCN(C(=O)c2nnc(C(=O)Nc3cccc(Cl)c3)s2)CC1)NC1CCCCC1. The van der Waals surface area contributed by atoms with Crippen molar-refractivity contribution in [1.29, 1.82) is 0 Å². The molecule has 176 valence electrons. The Hall–Kier alpha value is -2.52. The Labute approximate surface area is 202 Å². The number of rotatable bonds is 6. The zero-order valence-corrected chi connectivity index (χ0v) is 20.0. The Balaban J connectivity index is 1.24. The standard InChI is InChI=1S/C23H28ClN5O3S/c24-16-5-4-8-18(14-16)26-20(31)21-27-28-22(33-21)23(32)29-11-9-15(10-12-29)13-19(30)25-17-6-2-1-3-7-17/h4-5,8,14-15,17H,1-3,6-7,9-13H2,(H,25,30)(H,26,31). The molecule has 2 aliphatic rings. The lowest BCUT2D eigenvalue weighted by atomic mass is 9.92. The fourth-order valence-electron chi connectivity index (χ4n) is 4.42. The highest BCUT2D eigenvalue weighted by Gasteiger charge is 2.28. The Kier molecular flexibility index (Phi) is 7.93. The molecule has 2 fully saturated rings. The summed E-state index contributed by atoms with van der Waals surface area (Å²) in [6.45, 7) is 1.15. The van der Waals surface area contributed by atoms with Gasteiger partial charge in [0, 0.05) is 36.3 Å². The van der Waals surface area contributed by atoms with E-state index in [4.69, 9.17) is 11.6 Å². The maximum atomic E-state index is 12.8. The predicted octanol–water partition coefficient (Wildman–Crippen LogP) is 4.14. The second-order valence-corrected chi connectivity index (χ2v) is 10.1. The van der Waals surface area contributed by atoms with Crippen molar-refractivity contribution in [3.05, 3.63) is 39.3 Å². The third-order valence-electron chi connectivity index (χ3n) is 6.23. The van der Waals surface area contributed by atoms with Crippen LogP contribution in [0.3, 0.4) is 0 Å². The normalized spacial score (nSPS) is 17.5. The van der Waals surface area contributed by atoms with E-state index in [1.807, 2.05) is 0 Å². The van der Waals surface area contributed by atoms with Crippen LogP contribution in [-0.4, -0.2) is 52.0 Å². The van der Waals surface area contributed by atoms with Crippen LogP contribution in [-0.2, 0) is 4.79 Å². The first kappa shape index (κ1) is 23.6. The summed E-state index contributed by atoms with van der Waals surface area (Å²) >= 11 is 6.91. The largest absolute Gasteiger partial charge is 0.353 e. The van der Waals surface area contributed by atoms with E-state index in [0.29, 0.717) is 36.3 Å². The molecule has 2 N–H and O–H groups in total. The van der Waals surface area contributed by atoms with Gasteiger partial charge in [-0.15, -0.1) is 10.2 Å². The molecule has 3 amide bonds. The van der Waals surface area contributed by atoms with E-state index >= 15 is 0 Å². The van der Waals surface area contributed by atoms with Crippen molar-refractivity contribution in [2.45, 2.75) is 57.4 Å². The van der Waals surface area contributed by atoms with Gasteiger partial charge >= 0.3 is 0 Å². The van der Waals surface area contributed by atoms with Gasteiger partial charge in [-0.25, -0.2) is 0 Å². The Morgan fingerprint density at radius 3 is 2.48 bits per heavy atom. The van der Waals surface area contributed by atoms with Crippen molar-refractivity contribution in [2.24, 2.45) is 5.92 Å². The summed E-state index contributed by atoms with van der Waals surface area (Å²) in [5, 5.41) is 14.5. The van der Waals surface area contributed by atoms with Crippen LogP contribution >= 0.6 is 22.9 Å². The van der Waals surface area contributed by atoms with E-state index in [-0.39, 0.29) is 27.7 Å². The fraction of sp³-hybridized carbons (Fsp3) is 0.522. The summed E-state index contributed by atoms with van der Waals surface area (Å²) in [4.78, 5) is 39.4. The molecule has 0 spiro atoms. The lowest BCUT2D eigenvalue weighted by Crippen LogP contribution is -2.41. The number of hydrogen-bond donors (Lipinski definition) is 2. The molecule has 33 heavy (non-hydrogen) atoms. The van der Waals surface area contributed by atoms with E-state index in [2.05, 4.69) is 20.8 Å². The molecule has 0 bridgehead atoms. The van der Waals surface area contributed by atoms with Crippen LogP contribution in [0, 0.1) is 5.92 Å². The molecule has 4 rings (SSSR count). The summed E-state index contributed by atoms with van der Waals surface area (Å²) in [5.74, 6) is -0.242. The fourth-order valence-corrected chi connectivity index (χ4v) is 5.32. The highest BCUT2D eigenvalue weighted by Crippen LogP contribution is 2.24. The molecule has 1 aliphatic heterocycles. The number of carbonyl (C=O) groups excluding carboxylic acids is 3. The third-order valence-corrected chi connectivity index (χ3v) is 7.38. The molecule has 1 saturated heterocycles. The molecule has 0 atom stereocenters. The number of nitrogens with zero attached hydrogens (tertiary/aromatic N) is 3. The summed E-state index contributed by atoms with van der Waals surface area (Å²) in [6.07, 6.45) is 7.91. The van der Waals surface area contributed by atoms with Crippen molar-refractivity contribution in [2.75, 3.05) is 18.4 Å². The summed E-state index contributed by atoms with van der Waals surface area (Å²) < 4.78 is 0. The molecule has 8 nitrogen and oxygen atoms in total. The molecule has 10 heteroatoms. The number of halogens is 1. The van der Waals surface area contributed by atoms with Gasteiger partial charge in [0.25, 0.3) is 11.8 Å². The van der Waals surface area contributed by atoms with E-state index in [9.17, 15) is 14.4 Å². The minimum atomic E-state index is -0.434. The van der Waals surface area contributed by atoms with Crippen molar-refractivity contribution >= 4 is 46.3 Å². The number of hydrogen-bond acceptors (Lipinski definition) is 6. The minimum absolute atomic E-state index is 0.118. The molecule has 1 aliphatic carbocycles. The minimum Gasteiger partial charge on any atom is -0.353 e. The lowest BCUT2D eigenvalue weighted by molar-refractivity contribution is -0.123. The number of carbonyl (C=O) groups is 3. The quantitative estimate of drug-likeness (QED) is 0.634. The summed E-state index contributed by atoms with van der Waals surface area (Å²) in [7, 11) is 0. The molecule has 1 aromatic carbocycles. The second kappa shape index (κ2) is 11.1. The van der Waals surface area contributed by atoms with Crippen LogP contribution in [0.5, 0.6) is 0 Å². The smallest absolute Gasteiger partial charge is 0.286 e. The summed E-state index contributed by atoms with van der Waals surface area (Å²) in [5.41, 5.74) is 0.546. The Morgan fingerprint density at radius 1 is 1.03 bits per heavy atom. The van der Waals surface area contributed by atoms with Gasteiger partial charge in [-0.3, -0.25) is 14.4 Å². The highest BCUT2D eigenvalue weighted by molar-refractivity contribution is 7.15. The molecule has 1 aromatic heterocycles. The molecule has 0 unspecified atom stereocenters. The van der Waals surface area contributed by atoms with Crippen molar-refractivity contribution in [3.8, 4) is 0 Å². The zero-order valence-electron chi connectivity index (χ0n) is 18.4. The van der Waals surface area contributed by atoms with Crippen LogP contribution in [0.1, 0.15) is 71.0 Å². The number of amides is 3. The van der Waals surface area contributed by atoms with E-state index in [1.165, 1.54) is 19.3 Å². The van der Waals surface area contributed by atoms with Gasteiger partial charge in [-0.05, 0) is 49.8 Å². The van der Waals surface area contributed by atoms with Gasteiger partial charge < -0.3 is 15.5 Å². The van der Waals surface area contributed by atoms with Gasteiger partial charge in [0.05, 0.1) is 0 Å². The summed E-state index contributed by atoms with van der Waals surface area (Å²) in [6, 6.07) is 7.13. The molecular formula is C23H28ClN5O3S. The second-order valence-electron chi connectivity index (χ2n) is 8.72. The lowest BCUT2D eigenvalue weighted by Gasteiger charge is -2.31. The average molecular weight is 490 g/mol. The van der Waals surface area contributed by atoms with Gasteiger partial charge in [-0.1, -0.05) is 48.3 Å². The third kappa shape index (κ3) is 6.51. The van der Waals surface area contributed by atoms with Crippen LogP contribution in [0.4, 0.5) is 5.69 Å². The number of benzene rings is 1. The predicted molar refractivity (Wildman–Crippen MR) is 128 cm³/mol. The van der Waals surface area contributed by atoms with E-state index < -0.39 is 5.91 Å². The average Bonchev–Trinajstić information content (AvgIpc) is 3.30. The van der Waals surface area contributed by atoms with Gasteiger partial charge in [-0.2, -0.15) is 0 Å². The maximum absolute atomic E-state index is 12.8. The van der Waals surface area contributed by atoms with Crippen molar-refractivity contribution in [1.82, 2.24) is 20.4 Å². The van der Waals surface area contributed by atoms with Crippen molar-refractivity contribution in [3.63, 3.8) is 0 Å². The first-order valence-corrected chi connectivity index (χ1v) is 12.7. The van der Waals surface area contributed by atoms with Gasteiger partial charge in [0.2, 0.25) is 15.9 Å². The van der Waals surface area contributed by atoms with Gasteiger partial charge in [0.1, 0.15) is 0 Å². The van der Waals surface area contributed by atoms with Crippen LogP contribution in [0.15, 0.2) is 24.3 Å². The van der Waals surface area contributed by atoms with E-state index in [0.717, 1.165) is 37.0 Å². The Bertz CT molecular complexity index is 999. The maximum Gasteiger partial charge on any atom is 0.286 e. The molecule has 2 heterocycles. The Morgan fingerprint density at radius 2 is 1.76 bits per heavy atom. The molecule has 2 aromatic rings. The van der Waals surface area contributed by atoms with Crippen molar-refractivity contribution < 1.29 is 14.4 Å². The van der Waals surface area contributed by atoms with Crippen LogP contribution < -0.4 is 10.6 Å². The van der Waals surface area contributed by atoms with Gasteiger partial charge in [0.15, 0.2) is 0 Å². The topological polar surface area (TPSA) is 104 Å². The van der Waals surface area contributed by atoms with E-state index in [1.54, 1.807) is 29.2 Å². The van der Waals surface area contributed by atoms with Crippen LogP contribution in [0.25, 0.3) is 0 Å². The zero-order chi connectivity index (χ0) is 23.2. The monoisotopic (exact) mass is 489 g/mol. The van der Waals surface area contributed by atoms with Crippen LogP contribution in [0.2, 0.25) is 5.02 Å². The first-order valence-electron chi connectivity index (χ1n) is 11.5. The number of piperidine rings is 1. The first-order chi connectivity index (χ1) is 16.0. The molecule has 1 saturated carbocycles.